The fourth-order valence-corrected chi connectivity index (χ4v) is 0.819. The third-order valence-electron chi connectivity index (χ3n) is 1.55. The lowest BCUT2D eigenvalue weighted by atomic mass is 10.2. The lowest BCUT2D eigenvalue weighted by Crippen LogP contribution is -2.36. The van der Waals surface area contributed by atoms with Crippen LogP contribution in [-0.2, 0) is 0 Å². The monoisotopic (exact) mass is 111 g/mol. The number of hydrogen-bond donors (Lipinski definition) is 0. The maximum Gasteiger partial charge on any atom is 0.0163 e. The van der Waals surface area contributed by atoms with Gasteiger partial charge in [-0.25, -0.2) is 0 Å². The standard InChI is InChI=1S/C7H13N/c1-2-3-5-8-6-4-7-8/h2-3H,4-7H2,1H3. The van der Waals surface area contributed by atoms with E-state index >= 15 is 0 Å². The van der Waals surface area contributed by atoms with E-state index in [0.717, 1.165) is 6.54 Å². The van der Waals surface area contributed by atoms with Crippen LogP contribution in [0, 0.1) is 0 Å². The average molecular weight is 111 g/mol. The molecule has 1 saturated heterocycles. The Hall–Kier alpha value is -0.300. The van der Waals surface area contributed by atoms with Crippen molar-refractivity contribution < 1.29 is 0 Å². The Bertz CT molecular complexity index is 82.4. The van der Waals surface area contributed by atoms with Gasteiger partial charge in [-0.05, 0) is 26.4 Å². The van der Waals surface area contributed by atoms with Crippen molar-refractivity contribution in [1.82, 2.24) is 4.90 Å². The highest BCUT2D eigenvalue weighted by molar-refractivity contribution is 4.83. The largest absolute Gasteiger partial charge is 0.300 e. The van der Waals surface area contributed by atoms with E-state index in [9.17, 15) is 0 Å². The van der Waals surface area contributed by atoms with Gasteiger partial charge in [-0.3, -0.25) is 4.90 Å². The normalized spacial score (nSPS) is 21.6. The zero-order valence-electron chi connectivity index (χ0n) is 5.43. The van der Waals surface area contributed by atoms with Gasteiger partial charge in [0.15, 0.2) is 0 Å². The van der Waals surface area contributed by atoms with Crippen molar-refractivity contribution in [3.8, 4) is 0 Å². The molecule has 8 heavy (non-hydrogen) atoms. The zero-order chi connectivity index (χ0) is 5.82. The minimum Gasteiger partial charge on any atom is -0.300 e. The van der Waals surface area contributed by atoms with Gasteiger partial charge in [0, 0.05) is 6.54 Å². The molecule has 0 aromatic heterocycles. The summed E-state index contributed by atoms with van der Waals surface area (Å²) in [7, 11) is 0. The highest BCUT2D eigenvalue weighted by atomic mass is 15.2. The van der Waals surface area contributed by atoms with Gasteiger partial charge in [0.25, 0.3) is 0 Å². The van der Waals surface area contributed by atoms with E-state index in [-0.39, 0.29) is 0 Å². The smallest absolute Gasteiger partial charge is 0.0163 e. The second-order valence-electron chi connectivity index (χ2n) is 2.22. The van der Waals surface area contributed by atoms with Gasteiger partial charge in [0.05, 0.1) is 0 Å². The molecule has 1 nitrogen and oxygen atoms in total. The Morgan fingerprint density at radius 2 is 2.25 bits per heavy atom. The number of rotatable bonds is 2. The lowest BCUT2D eigenvalue weighted by molar-refractivity contribution is 0.203. The molecule has 0 aromatic carbocycles. The van der Waals surface area contributed by atoms with Crippen LogP contribution in [0.15, 0.2) is 12.2 Å². The average Bonchev–Trinajstić information content (AvgIpc) is 1.63. The molecule has 0 N–H and O–H groups in total. The molecule has 0 aliphatic carbocycles. The molecule has 0 atom stereocenters. The topological polar surface area (TPSA) is 3.24 Å². The Morgan fingerprint density at radius 3 is 2.62 bits per heavy atom. The summed E-state index contributed by atoms with van der Waals surface area (Å²) in [5, 5.41) is 0. The van der Waals surface area contributed by atoms with E-state index in [1.54, 1.807) is 0 Å². The van der Waals surface area contributed by atoms with Crippen LogP contribution in [0.25, 0.3) is 0 Å². The SMILES string of the molecule is CC=CCN1CCC1. The Balaban J connectivity index is 2.01. The minimum atomic E-state index is 1.16. The lowest BCUT2D eigenvalue weighted by Gasteiger charge is -2.29. The van der Waals surface area contributed by atoms with Crippen molar-refractivity contribution in [3.05, 3.63) is 12.2 Å². The Labute approximate surface area is 51.0 Å². The van der Waals surface area contributed by atoms with Crippen LogP contribution < -0.4 is 0 Å². The van der Waals surface area contributed by atoms with Crippen molar-refractivity contribution in [2.45, 2.75) is 13.3 Å². The molecule has 0 amide bonds. The summed E-state index contributed by atoms with van der Waals surface area (Å²) in [4.78, 5) is 2.43. The third kappa shape index (κ3) is 1.34. The van der Waals surface area contributed by atoms with E-state index in [1.165, 1.54) is 19.5 Å². The second kappa shape index (κ2) is 2.88. The molecule has 1 heterocycles. The summed E-state index contributed by atoms with van der Waals surface area (Å²) >= 11 is 0. The molecule has 0 saturated carbocycles. The molecule has 1 fully saturated rings. The van der Waals surface area contributed by atoms with Crippen LogP contribution in [0.5, 0.6) is 0 Å². The van der Waals surface area contributed by atoms with Gasteiger partial charge < -0.3 is 0 Å². The van der Waals surface area contributed by atoms with E-state index in [0.29, 0.717) is 0 Å². The fraction of sp³-hybridized carbons (Fsp3) is 0.714. The van der Waals surface area contributed by atoms with Crippen LogP contribution in [0.1, 0.15) is 13.3 Å². The van der Waals surface area contributed by atoms with E-state index in [2.05, 4.69) is 24.0 Å². The molecule has 1 aliphatic heterocycles. The minimum absolute atomic E-state index is 1.16. The molecule has 1 rings (SSSR count). The molecule has 46 valence electrons. The zero-order valence-corrected chi connectivity index (χ0v) is 5.43. The summed E-state index contributed by atoms with van der Waals surface area (Å²) in [6.07, 6.45) is 5.72. The maximum absolute atomic E-state index is 2.43. The van der Waals surface area contributed by atoms with Crippen molar-refractivity contribution in [2.24, 2.45) is 0 Å². The second-order valence-corrected chi connectivity index (χ2v) is 2.22. The predicted octanol–water partition coefficient (Wildman–Crippen LogP) is 1.27. The van der Waals surface area contributed by atoms with Crippen LogP contribution in [0.4, 0.5) is 0 Å². The van der Waals surface area contributed by atoms with Crippen molar-refractivity contribution in [2.75, 3.05) is 19.6 Å². The van der Waals surface area contributed by atoms with Crippen LogP contribution in [0.2, 0.25) is 0 Å². The molecule has 1 aliphatic rings. The number of allylic oxidation sites excluding steroid dienone is 1. The van der Waals surface area contributed by atoms with Crippen LogP contribution in [-0.4, -0.2) is 24.5 Å². The summed E-state index contributed by atoms with van der Waals surface area (Å²) in [5.74, 6) is 0. The van der Waals surface area contributed by atoms with Crippen LogP contribution in [0.3, 0.4) is 0 Å². The van der Waals surface area contributed by atoms with Crippen molar-refractivity contribution >= 4 is 0 Å². The fourth-order valence-electron chi connectivity index (χ4n) is 0.819. The molecule has 0 bridgehead atoms. The highest BCUT2D eigenvalue weighted by Gasteiger charge is 2.09. The quantitative estimate of drug-likeness (QED) is 0.485. The van der Waals surface area contributed by atoms with Gasteiger partial charge in [-0.1, -0.05) is 12.2 Å². The molecule has 0 spiro atoms. The Kier molecular flexibility index (Phi) is 2.10. The van der Waals surface area contributed by atoms with Crippen LogP contribution >= 0.6 is 0 Å². The summed E-state index contributed by atoms with van der Waals surface area (Å²) in [6, 6.07) is 0. The first-order valence-electron chi connectivity index (χ1n) is 3.27. The summed E-state index contributed by atoms with van der Waals surface area (Å²) in [6.45, 7) is 5.85. The van der Waals surface area contributed by atoms with Gasteiger partial charge in [-0.2, -0.15) is 0 Å². The Morgan fingerprint density at radius 1 is 1.50 bits per heavy atom. The third-order valence-corrected chi connectivity index (χ3v) is 1.55. The van der Waals surface area contributed by atoms with Crippen molar-refractivity contribution in [1.29, 1.82) is 0 Å². The van der Waals surface area contributed by atoms with E-state index in [1.807, 2.05) is 0 Å². The van der Waals surface area contributed by atoms with E-state index in [4.69, 9.17) is 0 Å². The van der Waals surface area contributed by atoms with E-state index < -0.39 is 0 Å². The summed E-state index contributed by atoms with van der Waals surface area (Å²) < 4.78 is 0. The summed E-state index contributed by atoms with van der Waals surface area (Å²) in [5.41, 5.74) is 0. The van der Waals surface area contributed by atoms with Gasteiger partial charge in [-0.15, -0.1) is 0 Å². The van der Waals surface area contributed by atoms with Gasteiger partial charge >= 0.3 is 0 Å². The van der Waals surface area contributed by atoms with Crippen molar-refractivity contribution in [3.63, 3.8) is 0 Å². The molecule has 1 heteroatoms. The number of hydrogen-bond acceptors (Lipinski definition) is 1. The molecular weight excluding hydrogens is 98.1 g/mol. The first-order valence-corrected chi connectivity index (χ1v) is 3.27. The predicted molar refractivity (Wildman–Crippen MR) is 35.9 cm³/mol. The maximum atomic E-state index is 2.43. The molecular formula is C7H13N. The molecule has 0 radical (unpaired) electrons. The highest BCUT2D eigenvalue weighted by Crippen LogP contribution is 2.03. The number of nitrogens with zero attached hydrogens (tertiary/aromatic N) is 1. The van der Waals surface area contributed by atoms with Gasteiger partial charge in [0.1, 0.15) is 0 Å². The first kappa shape index (κ1) is 5.83. The number of likely N-dealkylation sites (tertiary alicyclic amines) is 1. The molecule has 0 aromatic rings. The first-order chi connectivity index (χ1) is 3.93. The molecule has 0 unspecified atom stereocenters. The van der Waals surface area contributed by atoms with Gasteiger partial charge in [0.2, 0.25) is 0 Å².